The van der Waals surface area contributed by atoms with Gasteiger partial charge in [-0.2, -0.15) is 0 Å². The van der Waals surface area contributed by atoms with Gasteiger partial charge in [-0.25, -0.2) is 0 Å². The second kappa shape index (κ2) is 2.71. The maximum atomic E-state index is 5.84. The smallest absolute Gasteiger partial charge is 0.0946 e. The largest absolute Gasteiger partial charge is 0.378 e. The van der Waals surface area contributed by atoms with Gasteiger partial charge in [-0.1, -0.05) is 13.8 Å². The van der Waals surface area contributed by atoms with Gasteiger partial charge in [0.1, 0.15) is 0 Å². The maximum Gasteiger partial charge on any atom is 0.0946 e. The molecule has 2 aliphatic rings. The number of rotatable bonds is 2. The summed E-state index contributed by atoms with van der Waals surface area (Å²) < 4.78 is 11.4. The van der Waals surface area contributed by atoms with Gasteiger partial charge in [-0.3, -0.25) is 0 Å². The van der Waals surface area contributed by atoms with Crippen molar-refractivity contribution in [3.05, 3.63) is 0 Å². The highest BCUT2D eigenvalue weighted by atomic mass is 16.6. The molecule has 0 spiro atoms. The van der Waals surface area contributed by atoms with Crippen molar-refractivity contribution in [1.82, 2.24) is 0 Å². The molecule has 2 fully saturated rings. The number of methoxy groups -OCH3 is 1. The van der Waals surface area contributed by atoms with Gasteiger partial charge >= 0.3 is 0 Å². The minimum absolute atomic E-state index is 0.0683. The predicted molar refractivity (Wildman–Crippen MR) is 47.0 cm³/mol. The van der Waals surface area contributed by atoms with Crippen LogP contribution < -0.4 is 0 Å². The van der Waals surface area contributed by atoms with Gasteiger partial charge < -0.3 is 9.47 Å². The van der Waals surface area contributed by atoms with Crippen LogP contribution in [0.4, 0.5) is 0 Å². The molecule has 0 unspecified atom stereocenters. The Hall–Kier alpha value is -0.0800. The molecule has 1 aliphatic carbocycles. The summed E-state index contributed by atoms with van der Waals surface area (Å²) in [7, 11) is 1.81. The van der Waals surface area contributed by atoms with E-state index in [1.54, 1.807) is 0 Å². The van der Waals surface area contributed by atoms with Crippen LogP contribution in [0.1, 0.15) is 26.7 Å². The first-order valence-corrected chi connectivity index (χ1v) is 4.90. The third-order valence-electron chi connectivity index (χ3n) is 3.72. The zero-order valence-electron chi connectivity index (χ0n) is 8.17. The average Bonchev–Trinajstić information content (AvgIpc) is 2.56. The Balaban J connectivity index is 2.23. The molecule has 0 N–H and O–H groups in total. The van der Waals surface area contributed by atoms with Crippen molar-refractivity contribution in [3.63, 3.8) is 0 Å². The molecule has 0 amide bonds. The van der Waals surface area contributed by atoms with E-state index in [0.29, 0.717) is 12.0 Å². The summed E-state index contributed by atoms with van der Waals surface area (Å²) in [5.41, 5.74) is 0.0683. The molecule has 0 aromatic rings. The summed E-state index contributed by atoms with van der Waals surface area (Å²) in [5.74, 6) is 1.43. The fraction of sp³-hybridized carbons (Fsp3) is 1.00. The highest BCUT2D eigenvalue weighted by Gasteiger charge is 2.57. The quantitative estimate of drug-likeness (QED) is 0.629. The van der Waals surface area contributed by atoms with E-state index >= 15 is 0 Å². The van der Waals surface area contributed by atoms with Crippen LogP contribution in [0.2, 0.25) is 0 Å². The monoisotopic (exact) mass is 170 g/mol. The SMILES string of the molecule is CC[C@@]12C[C@H](C)[C@H](CO1)[C@@H]2OC. The highest BCUT2D eigenvalue weighted by Crippen LogP contribution is 2.50. The van der Waals surface area contributed by atoms with Crippen LogP contribution in [-0.4, -0.2) is 25.4 Å². The van der Waals surface area contributed by atoms with E-state index in [-0.39, 0.29) is 5.60 Å². The Labute approximate surface area is 74.2 Å². The standard InChI is InChI=1S/C10H18O2/c1-4-10-5-7(2)8(6-12-10)9(10)11-3/h7-9H,4-6H2,1-3H3/t7-,8-,9-,10-/m0/s1. The van der Waals surface area contributed by atoms with Gasteiger partial charge in [0.2, 0.25) is 0 Å². The number of hydrogen-bond donors (Lipinski definition) is 0. The Morgan fingerprint density at radius 2 is 2.33 bits per heavy atom. The first-order valence-electron chi connectivity index (χ1n) is 4.90. The van der Waals surface area contributed by atoms with Gasteiger partial charge in [-0.05, 0) is 18.8 Å². The van der Waals surface area contributed by atoms with Crippen molar-refractivity contribution < 1.29 is 9.47 Å². The summed E-state index contributed by atoms with van der Waals surface area (Å²) in [6.07, 6.45) is 2.64. The highest BCUT2D eigenvalue weighted by molar-refractivity contribution is 5.06. The number of ether oxygens (including phenoxy) is 2. The van der Waals surface area contributed by atoms with Crippen LogP contribution in [0.25, 0.3) is 0 Å². The molecule has 12 heavy (non-hydrogen) atoms. The third kappa shape index (κ3) is 0.882. The van der Waals surface area contributed by atoms with Gasteiger partial charge in [0.25, 0.3) is 0 Å². The number of fused-ring (bicyclic) bond motifs is 2. The summed E-state index contributed by atoms with van der Waals surface area (Å²) in [6.45, 7) is 5.43. The number of hydrogen-bond acceptors (Lipinski definition) is 2. The van der Waals surface area contributed by atoms with Crippen molar-refractivity contribution in [2.45, 2.75) is 38.4 Å². The lowest BCUT2D eigenvalue weighted by Crippen LogP contribution is -2.36. The van der Waals surface area contributed by atoms with Crippen LogP contribution in [0.5, 0.6) is 0 Å². The molecule has 2 heteroatoms. The minimum atomic E-state index is 0.0683. The van der Waals surface area contributed by atoms with E-state index in [1.165, 1.54) is 6.42 Å². The lowest BCUT2D eigenvalue weighted by molar-refractivity contribution is -0.0751. The Bertz CT molecular complexity index is 181. The normalized spacial score (nSPS) is 51.8. The fourth-order valence-corrected chi connectivity index (χ4v) is 2.99. The van der Waals surface area contributed by atoms with Crippen LogP contribution in [-0.2, 0) is 9.47 Å². The van der Waals surface area contributed by atoms with E-state index in [9.17, 15) is 0 Å². The topological polar surface area (TPSA) is 18.5 Å². The van der Waals surface area contributed by atoms with Gasteiger partial charge in [0, 0.05) is 13.0 Å². The second-order valence-corrected chi connectivity index (χ2v) is 4.23. The Morgan fingerprint density at radius 3 is 2.75 bits per heavy atom. The van der Waals surface area contributed by atoms with Crippen LogP contribution in [0.15, 0.2) is 0 Å². The maximum absolute atomic E-state index is 5.84. The van der Waals surface area contributed by atoms with Crippen molar-refractivity contribution in [1.29, 1.82) is 0 Å². The first-order chi connectivity index (χ1) is 5.73. The molecule has 1 aliphatic heterocycles. The van der Waals surface area contributed by atoms with Gasteiger partial charge in [-0.15, -0.1) is 0 Å². The van der Waals surface area contributed by atoms with Crippen molar-refractivity contribution in [3.8, 4) is 0 Å². The van der Waals surface area contributed by atoms with Crippen molar-refractivity contribution in [2.75, 3.05) is 13.7 Å². The average molecular weight is 170 g/mol. The summed E-state index contributed by atoms with van der Waals surface area (Å²) in [5, 5.41) is 0. The molecule has 0 aromatic heterocycles. The molecule has 1 saturated heterocycles. The fourth-order valence-electron chi connectivity index (χ4n) is 2.99. The molecule has 2 bridgehead atoms. The molecular weight excluding hydrogens is 152 g/mol. The molecule has 2 rings (SSSR count). The van der Waals surface area contributed by atoms with Crippen LogP contribution in [0.3, 0.4) is 0 Å². The third-order valence-corrected chi connectivity index (χ3v) is 3.72. The molecule has 4 atom stereocenters. The second-order valence-electron chi connectivity index (χ2n) is 4.23. The summed E-state index contributed by atoms with van der Waals surface area (Å²) >= 11 is 0. The summed E-state index contributed by atoms with van der Waals surface area (Å²) in [6, 6.07) is 0. The van der Waals surface area contributed by atoms with Gasteiger partial charge in [0.05, 0.1) is 18.3 Å². The molecule has 0 radical (unpaired) electrons. The van der Waals surface area contributed by atoms with E-state index in [2.05, 4.69) is 13.8 Å². The van der Waals surface area contributed by atoms with Gasteiger partial charge in [0.15, 0.2) is 0 Å². The molecule has 0 aromatic carbocycles. The van der Waals surface area contributed by atoms with E-state index in [4.69, 9.17) is 9.47 Å². The van der Waals surface area contributed by atoms with E-state index < -0.39 is 0 Å². The molecule has 1 saturated carbocycles. The van der Waals surface area contributed by atoms with Crippen LogP contribution >= 0.6 is 0 Å². The van der Waals surface area contributed by atoms with Crippen molar-refractivity contribution >= 4 is 0 Å². The first kappa shape index (κ1) is 8.52. The Morgan fingerprint density at radius 1 is 1.58 bits per heavy atom. The minimum Gasteiger partial charge on any atom is -0.378 e. The van der Waals surface area contributed by atoms with Crippen LogP contribution in [0, 0.1) is 11.8 Å². The lowest BCUT2D eigenvalue weighted by atomic mass is 9.96. The zero-order valence-corrected chi connectivity index (χ0v) is 8.17. The van der Waals surface area contributed by atoms with E-state index in [0.717, 1.165) is 18.9 Å². The molecule has 70 valence electrons. The molecule has 1 heterocycles. The molecular formula is C10H18O2. The zero-order chi connectivity index (χ0) is 8.77. The predicted octanol–water partition coefficient (Wildman–Crippen LogP) is 1.84. The lowest BCUT2D eigenvalue weighted by Gasteiger charge is -2.29. The van der Waals surface area contributed by atoms with Crippen molar-refractivity contribution in [2.24, 2.45) is 11.8 Å². The molecule has 2 nitrogen and oxygen atoms in total. The summed E-state index contributed by atoms with van der Waals surface area (Å²) in [4.78, 5) is 0. The van der Waals surface area contributed by atoms with E-state index in [1.807, 2.05) is 7.11 Å². The Kier molecular flexibility index (Phi) is 1.92.